The normalized spacial score (nSPS) is 11.2. The highest BCUT2D eigenvalue weighted by molar-refractivity contribution is 7.98. The van der Waals surface area contributed by atoms with Gasteiger partial charge in [-0.1, -0.05) is 53.7 Å². The Balaban J connectivity index is 1.76. The highest BCUT2D eigenvalue weighted by Gasteiger charge is 2.12. The summed E-state index contributed by atoms with van der Waals surface area (Å²) in [6.07, 6.45) is 0. The van der Waals surface area contributed by atoms with Crippen molar-refractivity contribution in [2.45, 2.75) is 17.8 Å². The standard InChI is InChI=1S/C22H20N2O2S/c1-14-8-9-20(26-3)17(10-14)13-27-22-23-19-12-16-7-5-4-6-15(16)11-18(19)21(25)24(22)2/h4-12H,13H2,1-3H3. The Morgan fingerprint density at radius 2 is 1.81 bits per heavy atom. The van der Waals surface area contributed by atoms with Crippen LogP contribution in [0.25, 0.3) is 21.7 Å². The minimum Gasteiger partial charge on any atom is -0.496 e. The molecule has 0 unspecified atom stereocenters. The smallest absolute Gasteiger partial charge is 0.261 e. The zero-order valence-corrected chi connectivity index (χ0v) is 16.3. The molecule has 4 rings (SSSR count). The number of fused-ring (bicyclic) bond motifs is 2. The minimum absolute atomic E-state index is 0.0236. The van der Waals surface area contributed by atoms with Crippen LogP contribution >= 0.6 is 11.8 Å². The van der Waals surface area contributed by atoms with Gasteiger partial charge in [-0.25, -0.2) is 4.98 Å². The first-order valence-corrected chi connectivity index (χ1v) is 9.71. The number of ether oxygens (including phenoxy) is 1. The second-order valence-electron chi connectivity index (χ2n) is 6.58. The molecule has 1 aromatic heterocycles. The van der Waals surface area contributed by atoms with Crippen LogP contribution in [0.4, 0.5) is 0 Å². The van der Waals surface area contributed by atoms with Crippen molar-refractivity contribution in [2.24, 2.45) is 7.05 Å². The molecule has 0 atom stereocenters. The predicted molar refractivity (Wildman–Crippen MR) is 112 cm³/mol. The highest BCUT2D eigenvalue weighted by Crippen LogP contribution is 2.28. The fourth-order valence-corrected chi connectivity index (χ4v) is 4.18. The molecule has 0 saturated heterocycles. The third-order valence-electron chi connectivity index (χ3n) is 4.69. The Morgan fingerprint density at radius 1 is 1.07 bits per heavy atom. The van der Waals surface area contributed by atoms with Gasteiger partial charge in [-0.15, -0.1) is 0 Å². The van der Waals surface area contributed by atoms with Gasteiger partial charge in [0.25, 0.3) is 5.56 Å². The first kappa shape index (κ1) is 17.6. The molecule has 4 aromatic rings. The topological polar surface area (TPSA) is 44.1 Å². The summed E-state index contributed by atoms with van der Waals surface area (Å²) in [7, 11) is 3.45. The summed E-state index contributed by atoms with van der Waals surface area (Å²) in [6, 6.07) is 18.1. The number of aryl methyl sites for hydroxylation is 1. The van der Waals surface area contributed by atoms with E-state index in [1.165, 1.54) is 5.56 Å². The van der Waals surface area contributed by atoms with Crippen molar-refractivity contribution in [3.8, 4) is 5.75 Å². The van der Waals surface area contributed by atoms with Gasteiger partial charge in [0.15, 0.2) is 5.16 Å². The van der Waals surface area contributed by atoms with Crippen molar-refractivity contribution < 1.29 is 4.74 Å². The van der Waals surface area contributed by atoms with Gasteiger partial charge in [0.1, 0.15) is 5.75 Å². The molecule has 0 radical (unpaired) electrons. The molecule has 0 saturated carbocycles. The van der Waals surface area contributed by atoms with Crippen molar-refractivity contribution in [3.63, 3.8) is 0 Å². The molecule has 5 heteroatoms. The van der Waals surface area contributed by atoms with E-state index in [2.05, 4.69) is 13.0 Å². The van der Waals surface area contributed by atoms with Crippen LogP contribution in [0.2, 0.25) is 0 Å². The maximum atomic E-state index is 12.9. The predicted octanol–water partition coefficient (Wildman–Crippen LogP) is 4.70. The van der Waals surface area contributed by atoms with E-state index < -0.39 is 0 Å². The Kier molecular flexibility index (Phi) is 4.62. The van der Waals surface area contributed by atoms with E-state index in [1.54, 1.807) is 30.5 Å². The summed E-state index contributed by atoms with van der Waals surface area (Å²) in [4.78, 5) is 17.6. The Morgan fingerprint density at radius 3 is 2.56 bits per heavy atom. The number of aromatic nitrogens is 2. The molecule has 0 spiro atoms. The van der Waals surface area contributed by atoms with Crippen molar-refractivity contribution in [2.75, 3.05) is 7.11 Å². The summed E-state index contributed by atoms with van der Waals surface area (Å²) < 4.78 is 7.09. The number of nitrogens with zero attached hydrogens (tertiary/aromatic N) is 2. The molecular weight excluding hydrogens is 356 g/mol. The summed E-state index contributed by atoms with van der Waals surface area (Å²) in [5.41, 5.74) is 2.98. The van der Waals surface area contributed by atoms with Crippen LogP contribution in [0, 0.1) is 6.92 Å². The van der Waals surface area contributed by atoms with E-state index in [-0.39, 0.29) is 5.56 Å². The molecule has 1 heterocycles. The van der Waals surface area contributed by atoms with Crippen LogP contribution < -0.4 is 10.3 Å². The van der Waals surface area contributed by atoms with Gasteiger partial charge in [0.2, 0.25) is 0 Å². The van der Waals surface area contributed by atoms with E-state index >= 15 is 0 Å². The fraction of sp³-hybridized carbons (Fsp3) is 0.182. The molecule has 0 bridgehead atoms. The van der Waals surface area contributed by atoms with Gasteiger partial charge < -0.3 is 4.74 Å². The molecule has 136 valence electrons. The van der Waals surface area contributed by atoms with Crippen molar-refractivity contribution >= 4 is 33.4 Å². The average Bonchev–Trinajstić information content (AvgIpc) is 2.68. The zero-order chi connectivity index (χ0) is 19.0. The molecule has 0 aliphatic carbocycles. The molecule has 0 fully saturated rings. The number of rotatable bonds is 4. The maximum absolute atomic E-state index is 12.9. The van der Waals surface area contributed by atoms with E-state index in [4.69, 9.17) is 9.72 Å². The van der Waals surface area contributed by atoms with Crippen molar-refractivity contribution in [3.05, 3.63) is 76.1 Å². The monoisotopic (exact) mass is 376 g/mol. The third kappa shape index (κ3) is 3.30. The van der Waals surface area contributed by atoms with Crippen molar-refractivity contribution in [1.82, 2.24) is 9.55 Å². The van der Waals surface area contributed by atoms with Crippen LogP contribution in [-0.2, 0) is 12.8 Å². The van der Waals surface area contributed by atoms with Crippen LogP contribution in [0.15, 0.2) is 64.5 Å². The number of benzene rings is 3. The number of hydrogen-bond donors (Lipinski definition) is 0. The molecule has 4 nitrogen and oxygen atoms in total. The highest BCUT2D eigenvalue weighted by atomic mass is 32.2. The Hall–Kier alpha value is -2.79. The number of thioether (sulfide) groups is 1. The average molecular weight is 376 g/mol. The molecule has 3 aromatic carbocycles. The quantitative estimate of drug-likeness (QED) is 0.294. The van der Waals surface area contributed by atoms with E-state index in [0.717, 1.165) is 27.6 Å². The Bertz CT molecular complexity index is 1210. The van der Waals surface area contributed by atoms with Crippen molar-refractivity contribution in [1.29, 1.82) is 0 Å². The summed E-state index contributed by atoms with van der Waals surface area (Å²) in [5.74, 6) is 1.54. The van der Waals surface area contributed by atoms with Crippen LogP contribution in [-0.4, -0.2) is 16.7 Å². The first-order chi connectivity index (χ1) is 13.1. The Labute approximate surface area is 161 Å². The fourth-order valence-electron chi connectivity index (χ4n) is 3.23. The SMILES string of the molecule is COc1ccc(C)cc1CSc1nc2cc3ccccc3cc2c(=O)n1C. The number of methoxy groups -OCH3 is 1. The lowest BCUT2D eigenvalue weighted by molar-refractivity contribution is 0.411. The third-order valence-corrected chi connectivity index (χ3v) is 5.77. The summed E-state index contributed by atoms with van der Waals surface area (Å²) in [5, 5.41) is 3.48. The molecule has 0 aliphatic rings. The lowest BCUT2D eigenvalue weighted by Crippen LogP contribution is -2.20. The van der Waals surface area contributed by atoms with Gasteiger partial charge in [-0.05, 0) is 35.9 Å². The molecule has 27 heavy (non-hydrogen) atoms. The van der Waals surface area contributed by atoms with E-state index in [0.29, 0.717) is 16.3 Å². The van der Waals surface area contributed by atoms with Gasteiger partial charge in [0, 0.05) is 18.4 Å². The van der Waals surface area contributed by atoms with Gasteiger partial charge in [-0.3, -0.25) is 9.36 Å². The lowest BCUT2D eigenvalue weighted by Gasteiger charge is -2.12. The first-order valence-electron chi connectivity index (χ1n) is 8.72. The van der Waals surface area contributed by atoms with Gasteiger partial charge in [-0.2, -0.15) is 0 Å². The summed E-state index contributed by atoms with van der Waals surface area (Å²) in [6.45, 7) is 2.06. The molecular formula is C22H20N2O2S. The second kappa shape index (κ2) is 7.08. The van der Waals surface area contributed by atoms with E-state index in [1.807, 2.05) is 48.5 Å². The largest absolute Gasteiger partial charge is 0.496 e. The lowest BCUT2D eigenvalue weighted by atomic mass is 10.1. The molecule has 0 aliphatic heterocycles. The van der Waals surface area contributed by atoms with Gasteiger partial charge >= 0.3 is 0 Å². The van der Waals surface area contributed by atoms with E-state index in [9.17, 15) is 4.79 Å². The van der Waals surface area contributed by atoms with Crippen LogP contribution in [0.5, 0.6) is 5.75 Å². The van der Waals surface area contributed by atoms with Gasteiger partial charge in [0.05, 0.1) is 18.0 Å². The summed E-state index contributed by atoms with van der Waals surface area (Å²) >= 11 is 1.54. The minimum atomic E-state index is -0.0236. The maximum Gasteiger partial charge on any atom is 0.261 e. The molecule has 0 N–H and O–H groups in total. The van der Waals surface area contributed by atoms with Crippen LogP contribution in [0.1, 0.15) is 11.1 Å². The van der Waals surface area contributed by atoms with Crippen LogP contribution in [0.3, 0.4) is 0 Å². The number of hydrogen-bond acceptors (Lipinski definition) is 4. The molecule has 0 amide bonds. The zero-order valence-electron chi connectivity index (χ0n) is 15.5. The second-order valence-corrected chi connectivity index (χ2v) is 7.52.